The molecule has 1 aromatic carbocycles. The molecule has 2 heterocycles. The lowest BCUT2D eigenvalue weighted by molar-refractivity contribution is 0.528. The second-order valence-corrected chi connectivity index (χ2v) is 3.49. The van der Waals surface area contributed by atoms with Crippen molar-refractivity contribution in [1.29, 1.82) is 0 Å². The van der Waals surface area contributed by atoms with Gasteiger partial charge in [-0.2, -0.15) is 0 Å². The Kier molecular flexibility index (Phi) is 1.81. The number of imidazole rings is 1. The van der Waals surface area contributed by atoms with Gasteiger partial charge in [0, 0.05) is 17.8 Å². The number of aromatic nitrogens is 2. The van der Waals surface area contributed by atoms with E-state index >= 15 is 0 Å². The monoisotopic (exact) mass is 198 g/mol. The predicted octanol–water partition coefficient (Wildman–Crippen LogP) is 2.68. The van der Waals surface area contributed by atoms with E-state index in [9.17, 15) is 0 Å². The molecule has 0 amide bonds. The molecule has 74 valence electrons. The summed E-state index contributed by atoms with van der Waals surface area (Å²) < 4.78 is 7.68. The summed E-state index contributed by atoms with van der Waals surface area (Å²) in [6.07, 6.45) is 5.48. The van der Waals surface area contributed by atoms with E-state index in [1.807, 2.05) is 29.0 Å². The third-order valence-corrected chi connectivity index (χ3v) is 2.37. The van der Waals surface area contributed by atoms with Gasteiger partial charge in [-0.05, 0) is 12.1 Å². The van der Waals surface area contributed by atoms with Crippen LogP contribution < -0.4 is 0 Å². The Morgan fingerprint density at radius 3 is 3.00 bits per heavy atom. The summed E-state index contributed by atoms with van der Waals surface area (Å²) in [5.74, 6) is 0.953. The first kappa shape index (κ1) is 8.29. The third kappa shape index (κ3) is 1.52. The van der Waals surface area contributed by atoms with Gasteiger partial charge in [0.15, 0.2) is 0 Å². The lowest BCUT2D eigenvalue weighted by Gasteiger charge is -1.95. The third-order valence-electron chi connectivity index (χ3n) is 2.37. The molecule has 0 saturated carbocycles. The van der Waals surface area contributed by atoms with Crippen molar-refractivity contribution in [3.8, 4) is 0 Å². The first-order valence-corrected chi connectivity index (χ1v) is 4.85. The molecule has 3 aromatic rings. The Morgan fingerprint density at radius 2 is 2.20 bits per heavy atom. The Labute approximate surface area is 87.0 Å². The van der Waals surface area contributed by atoms with E-state index in [2.05, 4.69) is 17.1 Å². The topological polar surface area (TPSA) is 31.0 Å². The quantitative estimate of drug-likeness (QED) is 0.633. The normalized spacial score (nSPS) is 10.9. The summed E-state index contributed by atoms with van der Waals surface area (Å²) in [6, 6.07) is 10.1. The van der Waals surface area contributed by atoms with E-state index in [4.69, 9.17) is 4.42 Å². The average Bonchev–Trinajstić information content (AvgIpc) is 2.86. The molecule has 3 rings (SSSR count). The Bertz CT molecular complexity index is 533. The van der Waals surface area contributed by atoms with Gasteiger partial charge >= 0.3 is 0 Å². The van der Waals surface area contributed by atoms with Crippen LogP contribution in [-0.4, -0.2) is 9.55 Å². The number of hydrogen-bond acceptors (Lipinski definition) is 2. The lowest BCUT2D eigenvalue weighted by Crippen LogP contribution is -1.93. The molecular weight excluding hydrogens is 188 g/mol. The molecule has 0 fully saturated rings. The average molecular weight is 198 g/mol. The fourth-order valence-corrected chi connectivity index (χ4v) is 1.67. The summed E-state index contributed by atoms with van der Waals surface area (Å²) in [6.45, 7) is 0.731. The molecular formula is C12H10N2O. The van der Waals surface area contributed by atoms with Crippen molar-refractivity contribution in [3.05, 3.63) is 54.8 Å². The van der Waals surface area contributed by atoms with Crippen LogP contribution in [0.4, 0.5) is 0 Å². The minimum Gasteiger partial charge on any atom is -0.459 e. The highest BCUT2D eigenvalue weighted by atomic mass is 16.3. The summed E-state index contributed by atoms with van der Waals surface area (Å²) in [5, 5.41) is 1.15. The van der Waals surface area contributed by atoms with E-state index in [1.54, 1.807) is 12.5 Å². The highest BCUT2D eigenvalue weighted by Gasteiger charge is 2.02. The van der Waals surface area contributed by atoms with Crippen molar-refractivity contribution in [2.75, 3.05) is 0 Å². The maximum atomic E-state index is 5.69. The van der Waals surface area contributed by atoms with E-state index in [1.165, 1.54) is 0 Å². The molecule has 3 heteroatoms. The van der Waals surface area contributed by atoms with E-state index in [0.29, 0.717) is 0 Å². The maximum Gasteiger partial charge on any atom is 0.134 e. The van der Waals surface area contributed by atoms with E-state index < -0.39 is 0 Å². The molecule has 0 atom stereocenters. The number of nitrogens with zero attached hydrogens (tertiary/aromatic N) is 2. The number of rotatable bonds is 2. The van der Waals surface area contributed by atoms with Crippen molar-refractivity contribution in [2.24, 2.45) is 0 Å². The number of para-hydroxylation sites is 1. The van der Waals surface area contributed by atoms with Crippen LogP contribution >= 0.6 is 0 Å². The number of fused-ring (bicyclic) bond motifs is 1. The van der Waals surface area contributed by atoms with Gasteiger partial charge in [-0.1, -0.05) is 18.2 Å². The van der Waals surface area contributed by atoms with Crippen LogP contribution in [0, 0.1) is 0 Å². The molecule has 3 nitrogen and oxygen atoms in total. The van der Waals surface area contributed by atoms with E-state index in [-0.39, 0.29) is 0 Å². The highest BCUT2D eigenvalue weighted by Crippen LogP contribution is 2.19. The summed E-state index contributed by atoms with van der Waals surface area (Å²) >= 11 is 0. The predicted molar refractivity (Wildman–Crippen MR) is 57.5 cm³/mol. The van der Waals surface area contributed by atoms with Crippen molar-refractivity contribution in [2.45, 2.75) is 6.54 Å². The van der Waals surface area contributed by atoms with Gasteiger partial charge in [-0.15, -0.1) is 0 Å². The zero-order chi connectivity index (χ0) is 10.1. The standard InChI is InChI=1S/C12H10N2O/c1-2-4-12-10(3-1)7-11(15-12)8-14-6-5-13-9-14/h1-7,9H,8H2. The molecule has 0 aliphatic carbocycles. The van der Waals surface area contributed by atoms with Crippen LogP contribution in [0.5, 0.6) is 0 Å². The van der Waals surface area contributed by atoms with Gasteiger partial charge in [0.1, 0.15) is 11.3 Å². The van der Waals surface area contributed by atoms with Crippen LogP contribution in [0.3, 0.4) is 0 Å². The highest BCUT2D eigenvalue weighted by molar-refractivity contribution is 5.77. The molecule has 0 aliphatic heterocycles. The molecule has 0 aliphatic rings. The molecule has 15 heavy (non-hydrogen) atoms. The van der Waals surface area contributed by atoms with Crippen LogP contribution in [0.15, 0.2) is 53.5 Å². The van der Waals surface area contributed by atoms with Gasteiger partial charge in [-0.25, -0.2) is 4.98 Å². The van der Waals surface area contributed by atoms with Crippen LogP contribution in [0.2, 0.25) is 0 Å². The van der Waals surface area contributed by atoms with Crippen molar-refractivity contribution < 1.29 is 4.42 Å². The first-order chi connectivity index (χ1) is 7.42. The first-order valence-electron chi connectivity index (χ1n) is 4.85. The van der Waals surface area contributed by atoms with Gasteiger partial charge < -0.3 is 8.98 Å². The van der Waals surface area contributed by atoms with Crippen LogP contribution in [-0.2, 0) is 6.54 Å². The second kappa shape index (κ2) is 3.28. The molecule has 2 aromatic heterocycles. The Morgan fingerprint density at radius 1 is 1.27 bits per heavy atom. The fourth-order valence-electron chi connectivity index (χ4n) is 1.67. The van der Waals surface area contributed by atoms with Crippen molar-refractivity contribution >= 4 is 11.0 Å². The van der Waals surface area contributed by atoms with Crippen molar-refractivity contribution in [1.82, 2.24) is 9.55 Å². The molecule has 0 N–H and O–H groups in total. The Balaban J connectivity index is 1.98. The Hall–Kier alpha value is -2.03. The zero-order valence-electron chi connectivity index (χ0n) is 8.13. The molecule has 0 radical (unpaired) electrons. The minimum atomic E-state index is 0.731. The lowest BCUT2D eigenvalue weighted by atomic mass is 10.2. The van der Waals surface area contributed by atoms with Gasteiger partial charge in [0.05, 0.1) is 12.9 Å². The number of furan rings is 1. The van der Waals surface area contributed by atoms with Crippen LogP contribution in [0.1, 0.15) is 5.76 Å². The number of benzene rings is 1. The summed E-state index contributed by atoms with van der Waals surface area (Å²) in [5.41, 5.74) is 0.938. The maximum absolute atomic E-state index is 5.69. The van der Waals surface area contributed by atoms with Gasteiger partial charge in [0.2, 0.25) is 0 Å². The van der Waals surface area contributed by atoms with Gasteiger partial charge in [-0.3, -0.25) is 0 Å². The largest absolute Gasteiger partial charge is 0.459 e. The minimum absolute atomic E-state index is 0.731. The molecule has 0 unspecified atom stereocenters. The zero-order valence-corrected chi connectivity index (χ0v) is 8.13. The second-order valence-electron chi connectivity index (χ2n) is 3.49. The van der Waals surface area contributed by atoms with Gasteiger partial charge in [0.25, 0.3) is 0 Å². The number of hydrogen-bond donors (Lipinski definition) is 0. The summed E-state index contributed by atoms with van der Waals surface area (Å²) in [7, 11) is 0. The molecule has 0 bridgehead atoms. The summed E-state index contributed by atoms with van der Waals surface area (Å²) in [4.78, 5) is 3.99. The van der Waals surface area contributed by atoms with Crippen LogP contribution in [0.25, 0.3) is 11.0 Å². The molecule has 0 saturated heterocycles. The fraction of sp³-hybridized carbons (Fsp3) is 0.0833. The molecule has 0 spiro atoms. The smallest absolute Gasteiger partial charge is 0.134 e. The van der Waals surface area contributed by atoms with E-state index in [0.717, 1.165) is 23.3 Å². The SMILES string of the molecule is c1ccc2oc(Cn3ccnc3)cc2c1. The van der Waals surface area contributed by atoms with Crippen molar-refractivity contribution in [3.63, 3.8) is 0 Å².